The van der Waals surface area contributed by atoms with E-state index in [0.29, 0.717) is 12.4 Å². The number of pyridine rings is 1. The van der Waals surface area contributed by atoms with Crippen LogP contribution < -0.4 is 5.32 Å². The third kappa shape index (κ3) is 3.28. The Bertz CT molecular complexity index is 858. The molecule has 4 rings (SSSR count). The minimum Gasteiger partial charge on any atom is -0.351 e. The van der Waals surface area contributed by atoms with Gasteiger partial charge in [-0.25, -0.2) is 14.6 Å². The molecule has 1 aromatic carbocycles. The maximum Gasteiger partial charge on any atom is 0.227 e. The van der Waals surface area contributed by atoms with E-state index in [9.17, 15) is 4.79 Å². The van der Waals surface area contributed by atoms with Crippen LogP contribution in [0.2, 0.25) is 0 Å². The Labute approximate surface area is 145 Å². The van der Waals surface area contributed by atoms with Crippen LogP contribution in [0.15, 0.2) is 55.2 Å². The van der Waals surface area contributed by atoms with Gasteiger partial charge in [0, 0.05) is 12.7 Å². The molecule has 6 heteroatoms. The molecule has 0 spiro atoms. The highest BCUT2D eigenvalue weighted by molar-refractivity contribution is 5.84. The first kappa shape index (κ1) is 15.5. The third-order valence-electron chi connectivity index (χ3n) is 4.62. The molecule has 25 heavy (non-hydrogen) atoms. The van der Waals surface area contributed by atoms with Crippen LogP contribution in [-0.4, -0.2) is 25.7 Å². The van der Waals surface area contributed by atoms with Gasteiger partial charge in [-0.15, -0.1) is 0 Å². The summed E-state index contributed by atoms with van der Waals surface area (Å²) >= 11 is 0. The van der Waals surface area contributed by atoms with E-state index in [1.807, 2.05) is 24.3 Å². The van der Waals surface area contributed by atoms with Gasteiger partial charge in [-0.1, -0.05) is 30.3 Å². The average Bonchev–Trinajstić information content (AvgIpc) is 3.21. The zero-order valence-corrected chi connectivity index (χ0v) is 13.8. The van der Waals surface area contributed by atoms with E-state index in [1.165, 1.54) is 17.5 Å². The van der Waals surface area contributed by atoms with Crippen LogP contribution in [0.1, 0.15) is 35.4 Å². The van der Waals surface area contributed by atoms with Crippen molar-refractivity contribution in [3.63, 3.8) is 0 Å². The topological polar surface area (TPSA) is 72.7 Å². The van der Waals surface area contributed by atoms with Gasteiger partial charge in [-0.2, -0.15) is 5.10 Å². The van der Waals surface area contributed by atoms with Crippen molar-refractivity contribution in [3.05, 3.63) is 71.9 Å². The molecule has 6 nitrogen and oxygen atoms in total. The summed E-state index contributed by atoms with van der Waals surface area (Å²) in [6.07, 6.45) is 7.86. The lowest BCUT2D eigenvalue weighted by Gasteiger charge is -2.24. The third-order valence-corrected chi connectivity index (χ3v) is 4.62. The molecule has 1 amide bonds. The first-order valence-electron chi connectivity index (χ1n) is 8.47. The van der Waals surface area contributed by atoms with E-state index in [1.54, 1.807) is 17.2 Å². The van der Waals surface area contributed by atoms with E-state index in [2.05, 4.69) is 32.5 Å². The van der Waals surface area contributed by atoms with Crippen LogP contribution in [-0.2, 0) is 17.8 Å². The van der Waals surface area contributed by atoms with Gasteiger partial charge in [0.05, 0.1) is 5.92 Å². The van der Waals surface area contributed by atoms with Gasteiger partial charge in [0.1, 0.15) is 12.7 Å². The first-order chi connectivity index (χ1) is 12.3. The van der Waals surface area contributed by atoms with E-state index in [0.717, 1.165) is 24.8 Å². The fourth-order valence-corrected chi connectivity index (χ4v) is 3.32. The molecule has 0 fully saturated rings. The van der Waals surface area contributed by atoms with Gasteiger partial charge in [0.25, 0.3) is 0 Å². The zero-order chi connectivity index (χ0) is 17.1. The number of aromatic nitrogens is 4. The first-order valence-corrected chi connectivity index (χ1v) is 8.47. The number of hydrogen-bond acceptors (Lipinski definition) is 4. The lowest BCUT2D eigenvalue weighted by molar-refractivity contribution is -0.123. The van der Waals surface area contributed by atoms with Crippen molar-refractivity contribution < 1.29 is 4.79 Å². The van der Waals surface area contributed by atoms with Crippen LogP contribution >= 0.6 is 0 Å². The van der Waals surface area contributed by atoms with Gasteiger partial charge in [-0.3, -0.25) is 4.79 Å². The van der Waals surface area contributed by atoms with Crippen molar-refractivity contribution in [2.45, 2.75) is 31.7 Å². The smallest absolute Gasteiger partial charge is 0.227 e. The fourth-order valence-electron chi connectivity index (χ4n) is 3.32. The number of carbonyl (C=O) groups is 1. The standard InChI is InChI=1S/C19H19N5O/c25-19(17-7-3-5-15-4-1-2-6-16(15)17)22-11-14-8-9-18(21-10-14)24-13-20-12-23-24/h1-2,4,6,8-10,12-13,17H,3,5,7,11H2,(H,22,25)/t17-/m0/s1. The summed E-state index contributed by atoms with van der Waals surface area (Å²) in [5, 5.41) is 7.10. The van der Waals surface area contributed by atoms with Crippen molar-refractivity contribution in [3.8, 4) is 5.82 Å². The van der Waals surface area contributed by atoms with E-state index in [4.69, 9.17) is 0 Å². The minimum atomic E-state index is -0.0488. The number of carbonyl (C=O) groups excluding carboxylic acids is 1. The predicted molar refractivity (Wildman–Crippen MR) is 93.1 cm³/mol. The maximum atomic E-state index is 12.6. The number of amides is 1. The Balaban J connectivity index is 1.41. The normalized spacial score (nSPS) is 16.2. The quantitative estimate of drug-likeness (QED) is 0.796. The van der Waals surface area contributed by atoms with E-state index in [-0.39, 0.29) is 11.8 Å². The highest BCUT2D eigenvalue weighted by Crippen LogP contribution is 2.31. The fraction of sp³-hybridized carbons (Fsp3) is 0.263. The summed E-state index contributed by atoms with van der Waals surface area (Å²) in [5.41, 5.74) is 3.43. The molecule has 0 unspecified atom stereocenters. The molecule has 3 aromatic rings. The Hall–Kier alpha value is -3.02. The second-order valence-electron chi connectivity index (χ2n) is 6.23. The molecule has 0 bridgehead atoms. The highest BCUT2D eigenvalue weighted by atomic mass is 16.1. The Morgan fingerprint density at radius 3 is 2.96 bits per heavy atom. The highest BCUT2D eigenvalue weighted by Gasteiger charge is 2.25. The molecule has 0 saturated heterocycles. The summed E-state index contributed by atoms with van der Waals surface area (Å²) in [6.45, 7) is 0.474. The number of rotatable bonds is 4. The van der Waals surface area contributed by atoms with Gasteiger partial charge >= 0.3 is 0 Å². The largest absolute Gasteiger partial charge is 0.351 e. The van der Waals surface area contributed by atoms with Crippen LogP contribution in [0.4, 0.5) is 0 Å². The number of fused-ring (bicyclic) bond motifs is 1. The summed E-state index contributed by atoms with van der Waals surface area (Å²) in [7, 11) is 0. The lowest BCUT2D eigenvalue weighted by atomic mass is 9.82. The summed E-state index contributed by atoms with van der Waals surface area (Å²) in [6, 6.07) is 12.1. The van der Waals surface area contributed by atoms with Crippen LogP contribution in [0.25, 0.3) is 5.82 Å². The Kier molecular flexibility index (Phi) is 4.24. The number of benzene rings is 1. The van der Waals surface area contributed by atoms with Crippen molar-refractivity contribution in [1.82, 2.24) is 25.1 Å². The summed E-state index contributed by atoms with van der Waals surface area (Å²) in [4.78, 5) is 20.9. The number of nitrogens with one attached hydrogen (secondary N) is 1. The second kappa shape index (κ2) is 6.84. The monoisotopic (exact) mass is 333 g/mol. The number of hydrogen-bond donors (Lipinski definition) is 1. The Morgan fingerprint density at radius 2 is 2.16 bits per heavy atom. The lowest BCUT2D eigenvalue weighted by Crippen LogP contribution is -2.31. The van der Waals surface area contributed by atoms with Crippen molar-refractivity contribution in [1.29, 1.82) is 0 Å². The van der Waals surface area contributed by atoms with Crippen molar-refractivity contribution >= 4 is 5.91 Å². The number of aryl methyl sites for hydroxylation is 1. The molecule has 0 radical (unpaired) electrons. The molecule has 1 aliphatic rings. The molecule has 2 aromatic heterocycles. The second-order valence-corrected chi connectivity index (χ2v) is 6.23. The van der Waals surface area contributed by atoms with Gasteiger partial charge in [-0.05, 0) is 42.0 Å². The maximum absolute atomic E-state index is 12.6. The minimum absolute atomic E-state index is 0.0488. The van der Waals surface area contributed by atoms with Crippen molar-refractivity contribution in [2.75, 3.05) is 0 Å². The van der Waals surface area contributed by atoms with Gasteiger partial charge in [0.2, 0.25) is 5.91 Å². The molecule has 1 aliphatic carbocycles. The summed E-state index contributed by atoms with van der Waals surface area (Å²) < 4.78 is 1.60. The number of nitrogens with zero attached hydrogens (tertiary/aromatic N) is 4. The van der Waals surface area contributed by atoms with Crippen LogP contribution in [0, 0.1) is 0 Å². The molecule has 0 aliphatic heterocycles. The van der Waals surface area contributed by atoms with E-state index < -0.39 is 0 Å². The molecule has 1 N–H and O–H groups in total. The molecular formula is C19H19N5O. The van der Waals surface area contributed by atoms with Crippen LogP contribution in [0.3, 0.4) is 0 Å². The van der Waals surface area contributed by atoms with Crippen molar-refractivity contribution in [2.24, 2.45) is 0 Å². The van der Waals surface area contributed by atoms with Gasteiger partial charge < -0.3 is 5.32 Å². The Morgan fingerprint density at radius 1 is 1.24 bits per heavy atom. The summed E-state index contributed by atoms with van der Waals surface area (Å²) in [5.74, 6) is 0.744. The molecule has 2 heterocycles. The molecule has 126 valence electrons. The molecular weight excluding hydrogens is 314 g/mol. The van der Waals surface area contributed by atoms with Gasteiger partial charge in [0.15, 0.2) is 5.82 Å². The van der Waals surface area contributed by atoms with Crippen LogP contribution in [0.5, 0.6) is 0 Å². The zero-order valence-electron chi connectivity index (χ0n) is 13.8. The molecule has 1 atom stereocenters. The molecule has 0 saturated carbocycles. The predicted octanol–water partition coefficient (Wildman–Crippen LogP) is 2.40. The van der Waals surface area contributed by atoms with E-state index >= 15 is 0 Å². The SMILES string of the molecule is O=C(NCc1ccc(-n2cncn2)nc1)[C@H]1CCCc2ccccc21. The average molecular weight is 333 g/mol.